The zero-order valence-corrected chi connectivity index (χ0v) is 10.9. The highest BCUT2D eigenvalue weighted by Crippen LogP contribution is 2.48. The van der Waals surface area contributed by atoms with Crippen LogP contribution in [-0.4, -0.2) is 25.7 Å². The summed E-state index contributed by atoms with van der Waals surface area (Å²) in [4.78, 5) is 4.63. The fourth-order valence-electron chi connectivity index (χ4n) is 2.69. The van der Waals surface area contributed by atoms with Crippen LogP contribution in [0.25, 0.3) is 10.8 Å². The summed E-state index contributed by atoms with van der Waals surface area (Å²) in [5.41, 5.74) is 1.49. The summed E-state index contributed by atoms with van der Waals surface area (Å²) in [6.07, 6.45) is 4.37. The maximum Gasteiger partial charge on any atom is 0.119 e. The summed E-state index contributed by atoms with van der Waals surface area (Å²) in [5, 5.41) is 5.76. The lowest BCUT2D eigenvalue weighted by molar-refractivity contribution is 0.415. The molecule has 1 aliphatic rings. The van der Waals surface area contributed by atoms with Crippen LogP contribution in [0.1, 0.15) is 18.5 Å². The molecule has 1 N–H and O–H groups in total. The van der Waals surface area contributed by atoms with E-state index in [0.717, 1.165) is 12.3 Å². The normalized spacial score (nSPS) is 16.8. The van der Waals surface area contributed by atoms with Crippen LogP contribution in [-0.2, 0) is 5.41 Å². The lowest BCUT2D eigenvalue weighted by atomic mass is 9.96. The number of hydrogen-bond acceptors (Lipinski definition) is 3. The standard InChI is InChI=1S/C15H18N2O/c1-16-10-15(6-7-15)14-13-4-3-12(18-2)9-11(13)5-8-17-14/h3-5,8-9,16H,6-7,10H2,1-2H3. The molecule has 1 aromatic heterocycles. The molecular weight excluding hydrogens is 224 g/mol. The SMILES string of the molecule is CNCC1(c2nccc3cc(OC)ccc23)CC1. The second kappa shape index (κ2) is 4.25. The molecular formula is C15H18N2O. The molecule has 1 heterocycles. The molecule has 1 saturated carbocycles. The Morgan fingerprint density at radius 3 is 2.83 bits per heavy atom. The van der Waals surface area contributed by atoms with E-state index in [2.05, 4.69) is 28.5 Å². The Labute approximate surface area is 107 Å². The van der Waals surface area contributed by atoms with E-state index in [9.17, 15) is 0 Å². The highest BCUT2D eigenvalue weighted by Gasteiger charge is 2.45. The Kier molecular flexibility index (Phi) is 2.71. The first kappa shape index (κ1) is 11.5. The number of aromatic nitrogens is 1. The third kappa shape index (κ3) is 1.75. The smallest absolute Gasteiger partial charge is 0.119 e. The van der Waals surface area contributed by atoms with E-state index in [1.165, 1.54) is 29.3 Å². The first-order valence-electron chi connectivity index (χ1n) is 6.37. The number of nitrogens with one attached hydrogen (secondary N) is 1. The molecule has 0 amide bonds. The number of fused-ring (bicyclic) bond motifs is 1. The number of methoxy groups -OCH3 is 1. The molecule has 2 aromatic rings. The number of likely N-dealkylation sites (N-methyl/N-ethyl adjacent to an activating group) is 1. The van der Waals surface area contributed by atoms with Crippen molar-refractivity contribution in [1.82, 2.24) is 10.3 Å². The van der Waals surface area contributed by atoms with Crippen LogP contribution in [0.4, 0.5) is 0 Å². The first-order chi connectivity index (χ1) is 8.79. The van der Waals surface area contributed by atoms with E-state index in [1.54, 1.807) is 7.11 Å². The number of benzene rings is 1. The van der Waals surface area contributed by atoms with E-state index >= 15 is 0 Å². The molecule has 1 aliphatic carbocycles. The van der Waals surface area contributed by atoms with Crippen molar-refractivity contribution in [2.75, 3.05) is 20.7 Å². The van der Waals surface area contributed by atoms with Crippen molar-refractivity contribution in [3.8, 4) is 5.75 Å². The van der Waals surface area contributed by atoms with Gasteiger partial charge < -0.3 is 10.1 Å². The van der Waals surface area contributed by atoms with Crippen LogP contribution in [0.5, 0.6) is 5.75 Å². The van der Waals surface area contributed by atoms with Gasteiger partial charge in [0.05, 0.1) is 12.8 Å². The third-order valence-electron chi connectivity index (χ3n) is 3.84. The summed E-state index contributed by atoms with van der Waals surface area (Å²) in [6.45, 7) is 1.01. The zero-order valence-electron chi connectivity index (χ0n) is 10.9. The zero-order chi connectivity index (χ0) is 12.6. The summed E-state index contributed by atoms with van der Waals surface area (Å²) in [6, 6.07) is 8.28. The molecule has 0 aliphatic heterocycles. The van der Waals surface area contributed by atoms with Gasteiger partial charge in [0.1, 0.15) is 5.75 Å². The minimum atomic E-state index is 0.253. The molecule has 0 saturated heterocycles. The summed E-state index contributed by atoms with van der Waals surface area (Å²) >= 11 is 0. The van der Waals surface area contributed by atoms with Crippen LogP contribution in [0.15, 0.2) is 30.5 Å². The Morgan fingerprint density at radius 1 is 1.33 bits per heavy atom. The van der Waals surface area contributed by atoms with E-state index < -0.39 is 0 Å². The summed E-state index contributed by atoms with van der Waals surface area (Å²) < 4.78 is 5.28. The summed E-state index contributed by atoms with van der Waals surface area (Å²) in [7, 11) is 3.71. The van der Waals surface area contributed by atoms with E-state index in [1.807, 2.05) is 19.3 Å². The van der Waals surface area contributed by atoms with Gasteiger partial charge in [-0.15, -0.1) is 0 Å². The van der Waals surface area contributed by atoms with E-state index in [0.29, 0.717) is 0 Å². The molecule has 0 atom stereocenters. The number of ether oxygens (including phenoxy) is 1. The van der Waals surface area contributed by atoms with Gasteiger partial charge in [0.2, 0.25) is 0 Å². The number of hydrogen-bond donors (Lipinski definition) is 1. The van der Waals surface area contributed by atoms with Gasteiger partial charge in [-0.3, -0.25) is 4.98 Å². The van der Waals surface area contributed by atoms with Gasteiger partial charge in [0, 0.05) is 23.5 Å². The molecule has 0 spiro atoms. The van der Waals surface area contributed by atoms with E-state index in [4.69, 9.17) is 4.74 Å². The van der Waals surface area contributed by atoms with E-state index in [-0.39, 0.29) is 5.41 Å². The van der Waals surface area contributed by atoms with Gasteiger partial charge in [0.25, 0.3) is 0 Å². The van der Waals surface area contributed by atoms with Gasteiger partial charge in [-0.1, -0.05) is 0 Å². The predicted octanol–water partition coefficient (Wildman–Crippen LogP) is 2.49. The first-order valence-corrected chi connectivity index (χ1v) is 6.37. The fourth-order valence-corrected chi connectivity index (χ4v) is 2.69. The van der Waals surface area contributed by atoms with Crippen LogP contribution in [0.2, 0.25) is 0 Å². The van der Waals surface area contributed by atoms with Crippen molar-refractivity contribution in [2.24, 2.45) is 0 Å². The highest BCUT2D eigenvalue weighted by atomic mass is 16.5. The molecule has 1 fully saturated rings. The second-order valence-corrected chi connectivity index (χ2v) is 5.06. The molecule has 3 rings (SSSR count). The van der Waals surface area contributed by atoms with Crippen molar-refractivity contribution in [2.45, 2.75) is 18.3 Å². The molecule has 3 nitrogen and oxygen atoms in total. The minimum Gasteiger partial charge on any atom is -0.497 e. The Morgan fingerprint density at radius 2 is 2.17 bits per heavy atom. The molecule has 0 unspecified atom stereocenters. The average Bonchev–Trinajstić information content (AvgIpc) is 3.18. The molecule has 0 bridgehead atoms. The second-order valence-electron chi connectivity index (χ2n) is 5.06. The lowest BCUT2D eigenvalue weighted by Gasteiger charge is -2.16. The molecule has 18 heavy (non-hydrogen) atoms. The molecule has 94 valence electrons. The van der Waals surface area contributed by atoms with Crippen LogP contribution < -0.4 is 10.1 Å². The maximum atomic E-state index is 5.28. The number of rotatable bonds is 4. The monoisotopic (exact) mass is 242 g/mol. The van der Waals surface area contributed by atoms with Crippen LogP contribution in [0, 0.1) is 0 Å². The Balaban J connectivity index is 2.13. The number of nitrogens with zero attached hydrogens (tertiary/aromatic N) is 1. The largest absolute Gasteiger partial charge is 0.497 e. The van der Waals surface area contributed by atoms with Gasteiger partial charge in [-0.05, 0) is 49.5 Å². The maximum absolute atomic E-state index is 5.28. The molecule has 3 heteroatoms. The van der Waals surface area contributed by atoms with Crippen molar-refractivity contribution in [1.29, 1.82) is 0 Å². The fraction of sp³-hybridized carbons (Fsp3) is 0.400. The van der Waals surface area contributed by atoms with Gasteiger partial charge in [-0.2, -0.15) is 0 Å². The molecule has 1 aromatic carbocycles. The van der Waals surface area contributed by atoms with Gasteiger partial charge >= 0.3 is 0 Å². The van der Waals surface area contributed by atoms with Crippen molar-refractivity contribution < 1.29 is 4.74 Å². The predicted molar refractivity (Wildman–Crippen MR) is 73.1 cm³/mol. The lowest BCUT2D eigenvalue weighted by Crippen LogP contribution is -2.24. The van der Waals surface area contributed by atoms with Crippen molar-refractivity contribution >= 4 is 10.8 Å². The van der Waals surface area contributed by atoms with Gasteiger partial charge in [-0.25, -0.2) is 0 Å². The van der Waals surface area contributed by atoms with Crippen LogP contribution >= 0.6 is 0 Å². The van der Waals surface area contributed by atoms with Gasteiger partial charge in [0.15, 0.2) is 0 Å². The van der Waals surface area contributed by atoms with Crippen molar-refractivity contribution in [3.05, 3.63) is 36.2 Å². The summed E-state index contributed by atoms with van der Waals surface area (Å²) in [5.74, 6) is 0.901. The highest BCUT2D eigenvalue weighted by molar-refractivity contribution is 5.87. The van der Waals surface area contributed by atoms with Crippen LogP contribution in [0.3, 0.4) is 0 Å². The molecule has 0 radical (unpaired) electrons. The minimum absolute atomic E-state index is 0.253. The quantitative estimate of drug-likeness (QED) is 0.894. The Bertz CT molecular complexity index is 576. The van der Waals surface area contributed by atoms with Crippen molar-refractivity contribution in [3.63, 3.8) is 0 Å². The topological polar surface area (TPSA) is 34.2 Å². The third-order valence-corrected chi connectivity index (χ3v) is 3.84. The Hall–Kier alpha value is -1.61. The number of pyridine rings is 1. The average molecular weight is 242 g/mol.